The fourth-order valence-corrected chi connectivity index (χ4v) is 3.67. The van der Waals surface area contributed by atoms with Crippen molar-refractivity contribution in [1.82, 2.24) is 4.98 Å². The molecule has 0 bridgehead atoms. The van der Waals surface area contributed by atoms with E-state index < -0.39 is 6.17 Å². The minimum Gasteiger partial charge on any atom is -0.497 e. The molecular weight excluding hydrogens is 385 g/mol. The van der Waals surface area contributed by atoms with E-state index in [0.717, 1.165) is 0 Å². The molecule has 136 valence electrons. The number of hydrogen-bond acceptors (Lipinski definition) is 4. The van der Waals surface area contributed by atoms with Crippen LogP contribution in [0.1, 0.15) is 22.2 Å². The van der Waals surface area contributed by atoms with Gasteiger partial charge in [0.05, 0.1) is 24.1 Å². The molecule has 27 heavy (non-hydrogen) atoms. The summed E-state index contributed by atoms with van der Waals surface area (Å²) in [6.07, 6.45) is 1.16. The number of benzene rings is 2. The molecule has 4 rings (SSSR count). The Kier molecular flexibility index (Phi) is 4.64. The predicted octanol–water partition coefficient (Wildman–Crippen LogP) is 5.17. The van der Waals surface area contributed by atoms with Crippen molar-refractivity contribution in [3.63, 3.8) is 0 Å². The monoisotopic (exact) mass is 399 g/mol. The van der Waals surface area contributed by atoms with Gasteiger partial charge >= 0.3 is 0 Å². The molecule has 1 amide bonds. The summed E-state index contributed by atoms with van der Waals surface area (Å²) in [5, 5.41) is 4.33. The number of pyridine rings is 1. The van der Waals surface area contributed by atoms with E-state index >= 15 is 0 Å². The molecular formula is C20H15Cl2N3O2. The van der Waals surface area contributed by atoms with Gasteiger partial charge in [0, 0.05) is 28.0 Å². The lowest BCUT2D eigenvalue weighted by Crippen LogP contribution is -2.32. The second kappa shape index (κ2) is 7.10. The van der Waals surface area contributed by atoms with Crippen LogP contribution in [0.3, 0.4) is 0 Å². The van der Waals surface area contributed by atoms with Crippen molar-refractivity contribution in [1.29, 1.82) is 0 Å². The number of halogens is 2. The van der Waals surface area contributed by atoms with Gasteiger partial charge in [-0.25, -0.2) is 0 Å². The van der Waals surface area contributed by atoms with Crippen LogP contribution in [-0.4, -0.2) is 18.0 Å². The third-order valence-corrected chi connectivity index (χ3v) is 4.74. The Bertz CT molecular complexity index is 1010. The van der Waals surface area contributed by atoms with Gasteiger partial charge in [-0.2, -0.15) is 0 Å². The minimum atomic E-state index is -0.504. The van der Waals surface area contributed by atoms with Crippen LogP contribution in [-0.2, 0) is 0 Å². The van der Waals surface area contributed by atoms with Crippen molar-refractivity contribution in [2.75, 3.05) is 17.3 Å². The van der Waals surface area contributed by atoms with E-state index in [1.54, 1.807) is 48.5 Å². The van der Waals surface area contributed by atoms with E-state index in [-0.39, 0.29) is 5.91 Å². The number of rotatable bonds is 4. The first-order chi connectivity index (χ1) is 13.1. The number of anilines is 2. The van der Waals surface area contributed by atoms with E-state index in [2.05, 4.69) is 10.3 Å². The molecule has 2 aromatic carbocycles. The number of ether oxygens (including phenoxy) is 1. The van der Waals surface area contributed by atoms with Crippen LogP contribution in [0.4, 0.5) is 11.4 Å². The number of carbonyl (C=O) groups excluding carboxylic acids is 1. The maximum atomic E-state index is 13.1. The molecule has 1 aliphatic heterocycles. The molecule has 2 heterocycles. The van der Waals surface area contributed by atoms with Crippen molar-refractivity contribution in [3.8, 4) is 5.75 Å². The van der Waals surface area contributed by atoms with Gasteiger partial charge < -0.3 is 10.1 Å². The van der Waals surface area contributed by atoms with Crippen LogP contribution in [0.2, 0.25) is 10.0 Å². The Morgan fingerprint density at radius 2 is 1.85 bits per heavy atom. The van der Waals surface area contributed by atoms with Crippen molar-refractivity contribution in [2.24, 2.45) is 0 Å². The lowest BCUT2D eigenvalue weighted by atomic mass is 10.2. The third kappa shape index (κ3) is 3.31. The molecule has 1 aliphatic rings. The van der Waals surface area contributed by atoms with Gasteiger partial charge in [0.15, 0.2) is 6.17 Å². The molecule has 0 saturated heterocycles. The molecule has 0 radical (unpaired) electrons. The Morgan fingerprint density at radius 3 is 2.59 bits per heavy atom. The second-order valence-corrected chi connectivity index (χ2v) is 6.89. The molecule has 0 unspecified atom stereocenters. The Labute approximate surface area is 166 Å². The van der Waals surface area contributed by atoms with Gasteiger partial charge in [-0.3, -0.25) is 14.7 Å². The largest absolute Gasteiger partial charge is 0.497 e. The molecule has 5 nitrogen and oxygen atoms in total. The number of carbonyl (C=O) groups is 1. The standard InChI is InChI=1S/C20H15Cl2N3O2/c1-27-16-5-2-4-15(11-16)25-19(18-17(20(25)26)6-3-7-23-18)24-14-9-12(21)8-13(22)10-14/h2-11,19,24H,1H3/t19-/m1/s1. The summed E-state index contributed by atoms with van der Waals surface area (Å²) in [4.78, 5) is 19.2. The molecule has 0 spiro atoms. The van der Waals surface area contributed by atoms with Crippen LogP contribution in [0.15, 0.2) is 60.8 Å². The number of aromatic nitrogens is 1. The number of nitrogens with one attached hydrogen (secondary N) is 1. The van der Waals surface area contributed by atoms with Crippen molar-refractivity contribution in [3.05, 3.63) is 82.1 Å². The molecule has 1 aromatic heterocycles. The summed E-state index contributed by atoms with van der Waals surface area (Å²) in [5.74, 6) is 0.519. The van der Waals surface area contributed by atoms with Crippen molar-refractivity contribution >= 4 is 40.5 Å². The molecule has 1 N–H and O–H groups in total. The van der Waals surface area contributed by atoms with Crippen LogP contribution in [0.5, 0.6) is 5.75 Å². The maximum Gasteiger partial charge on any atom is 0.262 e. The average molecular weight is 400 g/mol. The first-order valence-electron chi connectivity index (χ1n) is 8.22. The van der Waals surface area contributed by atoms with Gasteiger partial charge in [0.2, 0.25) is 0 Å². The van der Waals surface area contributed by atoms with E-state index in [0.29, 0.717) is 38.4 Å². The highest BCUT2D eigenvalue weighted by molar-refractivity contribution is 6.35. The van der Waals surface area contributed by atoms with Crippen LogP contribution in [0, 0.1) is 0 Å². The lowest BCUT2D eigenvalue weighted by Gasteiger charge is -2.27. The second-order valence-electron chi connectivity index (χ2n) is 6.02. The van der Waals surface area contributed by atoms with Crippen LogP contribution < -0.4 is 15.0 Å². The summed E-state index contributed by atoms with van der Waals surface area (Å²) in [6, 6.07) is 16.0. The first-order valence-corrected chi connectivity index (χ1v) is 8.97. The lowest BCUT2D eigenvalue weighted by molar-refractivity contribution is 0.0993. The number of methoxy groups -OCH3 is 1. The molecule has 0 aliphatic carbocycles. The number of fused-ring (bicyclic) bond motifs is 1. The fraction of sp³-hybridized carbons (Fsp3) is 0.100. The molecule has 1 atom stereocenters. The van der Waals surface area contributed by atoms with Crippen molar-refractivity contribution < 1.29 is 9.53 Å². The molecule has 7 heteroatoms. The van der Waals surface area contributed by atoms with Gasteiger partial charge in [-0.15, -0.1) is 0 Å². The van der Waals surface area contributed by atoms with E-state index in [1.807, 2.05) is 24.3 Å². The maximum absolute atomic E-state index is 13.1. The SMILES string of the molecule is COc1cccc(N2C(=O)c3cccnc3[C@@H]2Nc2cc(Cl)cc(Cl)c2)c1. The van der Waals surface area contributed by atoms with Crippen molar-refractivity contribution in [2.45, 2.75) is 6.17 Å². The van der Waals surface area contributed by atoms with Gasteiger partial charge in [0.1, 0.15) is 5.75 Å². The van der Waals surface area contributed by atoms with E-state index in [9.17, 15) is 4.79 Å². The number of hydrogen-bond donors (Lipinski definition) is 1. The zero-order valence-corrected chi connectivity index (χ0v) is 15.8. The van der Waals surface area contributed by atoms with Crippen LogP contribution in [0.25, 0.3) is 0 Å². The van der Waals surface area contributed by atoms with Gasteiger partial charge in [-0.05, 0) is 42.5 Å². The van der Waals surface area contributed by atoms with Gasteiger partial charge in [-0.1, -0.05) is 29.3 Å². The Hall–Kier alpha value is -2.76. The third-order valence-electron chi connectivity index (χ3n) is 4.30. The topological polar surface area (TPSA) is 54.5 Å². The Balaban J connectivity index is 1.80. The zero-order valence-electron chi connectivity index (χ0n) is 14.3. The van der Waals surface area contributed by atoms with E-state index in [4.69, 9.17) is 27.9 Å². The summed E-state index contributed by atoms with van der Waals surface area (Å²) in [6.45, 7) is 0. The summed E-state index contributed by atoms with van der Waals surface area (Å²) in [7, 11) is 1.59. The van der Waals surface area contributed by atoms with Crippen LogP contribution >= 0.6 is 23.2 Å². The highest BCUT2D eigenvalue weighted by Crippen LogP contribution is 2.38. The smallest absolute Gasteiger partial charge is 0.262 e. The quantitative estimate of drug-likeness (QED) is 0.657. The highest BCUT2D eigenvalue weighted by atomic mass is 35.5. The normalized spacial score (nSPS) is 15.6. The van der Waals surface area contributed by atoms with E-state index in [1.165, 1.54) is 0 Å². The van der Waals surface area contributed by atoms with Gasteiger partial charge in [0.25, 0.3) is 5.91 Å². The molecule has 3 aromatic rings. The predicted molar refractivity (Wildman–Crippen MR) is 107 cm³/mol. The first kappa shape index (κ1) is 17.6. The summed E-state index contributed by atoms with van der Waals surface area (Å²) in [5.41, 5.74) is 2.58. The fourth-order valence-electron chi connectivity index (χ4n) is 3.14. The number of amides is 1. The minimum absolute atomic E-state index is 0.142. The summed E-state index contributed by atoms with van der Waals surface area (Å²) >= 11 is 12.2. The zero-order chi connectivity index (χ0) is 19.0. The molecule has 0 fully saturated rings. The summed E-state index contributed by atoms with van der Waals surface area (Å²) < 4.78 is 5.30. The average Bonchev–Trinajstić information content (AvgIpc) is 2.93. The molecule has 0 saturated carbocycles. The Morgan fingerprint density at radius 1 is 1.07 bits per heavy atom. The number of nitrogens with zero attached hydrogens (tertiary/aromatic N) is 2. The highest BCUT2D eigenvalue weighted by Gasteiger charge is 2.39.